The molecule has 0 aliphatic carbocycles. The Morgan fingerprint density at radius 2 is 1.44 bits per heavy atom. The Bertz CT molecular complexity index is 283. The molecule has 1 saturated heterocycles. The maximum atomic E-state index is 13.2. The number of halogens is 3. The molecule has 0 spiro atoms. The SMILES string of the molecule is CC(C)(C)C1CCN(C(C)(C)C)[C@H](C(F)(F)F)C1. The Morgan fingerprint density at radius 3 is 1.78 bits per heavy atom. The number of rotatable bonds is 0. The summed E-state index contributed by atoms with van der Waals surface area (Å²) < 4.78 is 39.7. The summed E-state index contributed by atoms with van der Waals surface area (Å²) in [7, 11) is 0. The molecule has 0 aromatic heterocycles. The fraction of sp³-hybridized carbons (Fsp3) is 1.00. The van der Waals surface area contributed by atoms with Gasteiger partial charge in [0.1, 0.15) is 6.04 Å². The third-order valence-corrected chi connectivity index (χ3v) is 4.07. The van der Waals surface area contributed by atoms with E-state index in [1.807, 2.05) is 41.5 Å². The lowest BCUT2D eigenvalue weighted by Gasteiger charge is -2.49. The summed E-state index contributed by atoms with van der Waals surface area (Å²) in [4.78, 5) is 1.62. The second kappa shape index (κ2) is 4.69. The molecule has 0 saturated carbocycles. The van der Waals surface area contributed by atoms with E-state index in [1.54, 1.807) is 4.90 Å². The van der Waals surface area contributed by atoms with Crippen LogP contribution in [-0.4, -0.2) is 29.2 Å². The number of nitrogens with zero attached hydrogens (tertiary/aromatic N) is 1. The predicted molar refractivity (Wildman–Crippen MR) is 68.5 cm³/mol. The van der Waals surface area contributed by atoms with E-state index in [4.69, 9.17) is 0 Å². The molecular weight excluding hydrogens is 239 g/mol. The largest absolute Gasteiger partial charge is 0.404 e. The monoisotopic (exact) mass is 265 g/mol. The molecule has 2 atom stereocenters. The Labute approximate surface area is 109 Å². The molecule has 1 nitrogen and oxygen atoms in total. The molecule has 4 heteroatoms. The van der Waals surface area contributed by atoms with Crippen LogP contribution >= 0.6 is 0 Å². The maximum absolute atomic E-state index is 13.2. The van der Waals surface area contributed by atoms with Crippen molar-refractivity contribution in [2.75, 3.05) is 6.54 Å². The van der Waals surface area contributed by atoms with E-state index in [2.05, 4.69) is 0 Å². The van der Waals surface area contributed by atoms with Gasteiger partial charge in [0.2, 0.25) is 0 Å². The van der Waals surface area contributed by atoms with Gasteiger partial charge < -0.3 is 0 Å². The normalized spacial score (nSPS) is 28.5. The van der Waals surface area contributed by atoms with Crippen LogP contribution in [0.25, 0.3) is 0 Å². The summed E-state index contributed by atoms with van der Waals surface area (Å²) in [5.74, 6) is 0.141. The van der Waals surface area contributed by atoms with Gasteiger partial charge in [0.05, 0.1) is 0 Å². The molecule has 0 aromatic rings. The average molecular weight is 265 g/mol. The van der Waals surface area contributed by atoms with E-state index in [0.29, 0.717) is 6.54 Å². The van der Waals surface area contributed by atoms with Crippen molar-refractivity contribution in [3.63, 3.8) is 0 Å². The second-order valence-corrected chi connectivity index (χ2v) is 7.51. The Morgan fingerprint density at radius 1 is 0.944 bits per heavy atom. The van der Waals surface area contributed by atoms with Crippen molar-refractivity contribution in [3.05, 3.63) is 0 Å². The molecule has 0 bridgehead atoms. The zero-order valence-corrected chi connectivity index (χ0v) is 12.4. The van der Waals surface area contributed by atoms with Crippen molar-refractivity contribution in [3.8, 4) is 0 Å². The molecule has 1 aliphatic rings. The maximum Gasteiger partial charge on any atom is 0.404 e. The van der Waals surface area contributed by atoms with Crippen LogP contribution < -0.4 is 0 Å². The van der Waals surface area contributed by atoms with Crippen LogP contribution in [0, 0.1) is 11.3 Å². The van der Waals surface area contributed by atoms with Crippen LogP contribution in [-0.2, 0) is 0 Å². The predicted octanol–water partition coefficient (Wildman–Crippen LogP) is 4.47. The average Bonchev–Trinajstić information content (AvgIpc) is 2.12. The zero-order chi connectivity index (χ0) is 14.4. The molecule has 108 valence electrons. The Kier molecular flexibility index (Phi) is 4.12. The van der Waals surface area contributed by atoms with Crippen molar-refractivity contribution in [1.82, 2.24) is 4.90 Å². The zero-order valence-electron chi connectivity index (χ0n) is 12.4. The van der Waals surface area contributed by atoms with Crippen molar-refractivity contribution >= 4 is 0 Å². The van der Waals surface area contributed by atoms with E-state index >= 15 is 0 Å². The van der Waals surface area contributed by atoms with Gasteiger partial charge in [-0.2, -0.15) is 13.2 Å². The number of likely N-dealkylation sites (tertiary alicyclic amines) is 1. The minimum Gasteiger partial charge on any atom is -0.287 e. The highest BCUT2D eigenvalue weighted by Crippen LogP contribution is 2.43. The van der Waals surface area contributed by atoms with E-state index in [0.717, 1.165) is 6.42 Å². The van der Waals surface area contributed by atoms with Crippen LogP contribution in [0.15, 0.2) is 0 Å². The van der Waals surface area contributed by atoms with Crippen molar-refractivity contribution < 1.29 is 13.2 Å². The highest BCUT2D eigenvalue weighted by atomic mass is 19.4. The smallest absolute Gasteiger partial charge is 0.287 e. The molecule has 1 fully saturated rings. The molecule has 0 amide bonds. The number of piperidine rings is 1. The number of hydrogen-bond donors (Lipinski definition) is 0. The molecule has 1 heterocycles. The summed E-state index contributed by atoms with van der Waals surface area (Å²) in [5, 5.41) is 0. The number of hydrogen-bond acceptors (Lipinski definition) is 1. The van der Waals surface area contributed by atoms with Crippen LogP contribution in [0.5, 0.6) is 0 Å². The van der Waals surface area contributed by atoms with Crippen molar-refractivity contribution in [1.29, 1.82) is 0 Å². The van der Waals surface area contributed by atoms with E-state index < -0.39 is 17.8 Å². The Hall–Kier alpha value is -0.250. The topological polar surface area (TPSA) is 3.24 Å². The van der Waals surface area contributed by atoms with Gasteiger partial charge in [-0.05, 0) is 51.5 Å². The molecule has 0 N–H and O–H groups in total. The van der Waals surface area contributed by atoms with Gasteiger partial charge in [-0.1, -0.05) is 20.8 Å². The van der Waals surface area contributed by atoms with Gasteiger partial charge in [-0.15, -0.1) is 0 Å². The van der Waals surface area contributed by atoms with Crippen molar-refractivity contribution in [2.45, 2.75) is 72.1 Å². The fourth-order valence-electron chi connectivity index (χ4n) is 2.87. The lowest BCUT2D eigenvalue weighted by Crippen LogP contribution is -2.58. The third kappa shape index (κ3) is 3.62. The van der Waals surface area contributed by atoms with Crippen LogP contribution in [0.1, 0.15) is 54.4 Å². The fourth-order valence-corrected chi connectivity index (χ4v) is 2.87. The highest BCUT2D eigenvalue weighted by Gasteiger charge is 2.50. The van der Waals surface area contributed by atoms with Gasteiger partial charge >= 0.3 is 6.18 Å². The Balaban J connectivity index is 2.94. The quantitative estimate of drug-likeness (QED) is 0.624. The van der Waals surface area contributed by atoms with Crippen molar-refractivity contribution in [2.24, 2.45) is 11.3 Å². The standard InChI is InChI=1S/C14H26F3N/c1-12(2,3)10-7-8-18(13(4,5)6)11(9-10)14(15,16)17/h10-11H,7-9H2,1-6H3/t10?,11-/m0/s1. The lowest BCUT2D eigenvalue weighted by atomic mass is 9.72. The molecular formula is C14H26F3N. The summed E-state index contributed by atoms with van der Waals surface area (Å²) in [5.41, 5.74) is -0.476. The van der Waals surface area contributed by atoms with Gasteiger partial charge in [0.15, 0.2) is 0 Å². The summed E-state index contributed by atoms with van der Waals surface area (Å²) in [6, 6.07) is -1.30. The molecule has 0 aromatic carbocycles. The first-order chi connectivity index (χ1) is 7.83. The van der Waals surface area contributed by atoms with Gasteiger partial charge in [0.25, 0.3) is 0 Å². The molecule has 1 unspecified atom stereocenters. The van der Waals surface area contributed by atoms with Gasteiger partial charge in [0, 0.05) is 5.54 Å². The summed E-state index contributed by atoms with van der Waals surface area (Å²) >= 11 is 0. The minimum absolute atomic E-state index is 0.0481. The van der Waals surface area contributed by atoms with Crippen LogP contribution in [0.3, 0.4) is 0 Å². The first kappa shape index (κ1) is 15.8. The lowest BCUT2D eigenvalue weighted by molar-refractivity contribution is -0.212. The summed E-state index contributed by atoms with van der Waals surface area (Å²) in [6.45, 7) is 12.2. The van der Waals surface area contributed by atoms with Gasteiger partial charge in [-0.25, -0.2) is 0 Å². The minimum atomic E-state index is -4.13. The molecule has 18 heavy (non-hydrogen) atoms. The summed E-state index contributed by atoms with van der Waals surface area (Å²) in [6.07, 6.45) is -3.05. The first-order valence-corrected chi connectivity index (χ1v) is 6.67. The van der Waals surface area contributed by atoms with Gasteiger partial charge in [-0.3, -0.25) is 4.90 Å². The van der Waals surface area contributed by atoms with Crippen LogP contribution in [0.2, 0.25) is 0 Å². The first-order valence-electron chi connectivity index (χ1n) is 6.67. The number of alkyl halides is 3. The van der Waals surface area contributed by atoms with Crippen LogP contribution in [0.4, 0.5) is 13.2 Å². The third-order valence-electron chi connectivity index (χ3n) is 4.07. The second-order valence-electron chi connectivity index (χ2n) is 7.51. The highest BCUT2D eigenvalue weighted by molar-refractivity contribution is 4.95. The van der Waals surface area contributed by atoms with E-state index in [9.17, 15) is 13.2 Å². The molecule has 1 aliphatic heterocycles. The molecule has 0 radical (unpaired) electrons. The van der Waals surface area contributed by atoms with E-state index in [-0.39, 0.29) is 17.8 Å². The molecule has 1 rings (SSSR count). The van der Waals surface area contributed by atoms with E-state index in [1.165, 1.54) is 0 Å².